The Balaban J connectivity index is 1.91. The van der Waals surface area contributed by atoms with E-state index in [0.717, 1.165) is 46.5 Å². The number of aromatic nitrogens is 4. The van der Waals surface area contributed by atoms with E-state index in [0.29, 0.717) is 13.1 Å². The number of likely N-dealkylation sites (N-methyl/N-ethyl adjacent to an activating group) is 1. The molecule has 0 saturated carbocycles. The van der Waals surface area contributed by atoms with Gasteiger partial charge in [-0.1, -0.05) is 29.8 Å². The van der Waals surface area contributed by atoms with Crippen LogP contribution in [-0.2, 0) is 19.6 Å². The van der Waals surface area contributed by atoms with Gasteiger partial charge >= 0.3 is 5.69 Å². The Labute approximate surface area is 183 Å². The van der Waals surface area contributed by atoms with E-state index >= 15 is 0 Å². The van der Waals surface area contributed by atoms with E-state index in [2.05, 4.69) is 73.1 Å². The molecule has 0 spiro atoms. The quantitative estimate of drug-likeness (QED) is 0.452. The Bertz CT molecular complexity index is 1280. The molecule has 0 aliphatic heterocycles. The molecule has 162 valence electrons. The van der Waals surface area contributed by atoms with Gasteiger partial charge in [-0.3, -0.25) is 13.8 Å². The lowest BCUT2D eigenvalue weighted by Crippen LogP contribution is -2.22. The largest absolute Gasteiger partial charge is 0.329 e. The van der Waals surface area contributed by atoms with Gasteiger partial charge in [-0.15, -0.1) is 0 Å². The fraction of sp³-hybridized carbons (Fsp3) is 0.360. The van der Waals surface area contributed by atoms with Crippen LogP contribution in [0.2, 0.25) is 0 Å². The smallest absolute Gasteiger partial charge is 0.308 e. The van der Waals surface area contributed by atoms with E-state index in [1.165, 1.54) is 5.56 Å². The summed E-state index contributed by atoms with van der Waals surface area (Å²) in [7, 11) is 4.15. The number of aryl methyl sites for hydroxylation is 3. The van der Waals surface area contributed by atoms with Gasteiger partial charge in [-0.2, -0.15) is 5.10 Å². The first-order valence-electron chi connectivity index (χ1n) is 11.0. The molecular weight excluding hydrogens is 386 g/mol. The van der Waals surface area contributed by atoms with Crippen LogP contribution in [0.4, 0.5) is 0 Å². The summed E-state index contributed by atoms with van der Waals surface area (Å²) >= 11 is 0. The highest BCUT2D eigenvalue weighted by Gasteiger charge is 2.18. The van der Waals surface area contributed by atoms with Crippen molar-refractivity contribution in [2.24, 2.45) is 0 Å². The van der Waals surface area contributed by atoms with Crippen molar-refractivity contribution in [1.82, 2.24) is 23.8 Å². The fourth-order valence-electron chi connectivity index (χ4n) is 4.26. The number of rotatable bonds is 7. The Kier molecular flexibility index (Phi) is 5.83. The maximum Gasteiger partial charge on any atom is 0.329 e. The van der Waals surface area contributed by atoms with Gasteiger partial charge in [0.2, 0.25) is 0 Å². The van der Waals surface area contributed by atoms with Crippen LogP contribution < -0.4 is 5.69 Å². The van der Waals surface area contributed by atoms with Crippen LogP contribution in [-0.4, -0.2) is 44.5 Å². The van der Waals surface area contributed by atoms with Crippen molar-refractivity contribution in [2.75, 3.05) is 20.6 Å². The van der Waals surface area contributed by atoms with E-state index in [4.69, 9.17) is 5.10 Å². The first-order chi connectivity index (χ1) is 14.9. The number of nitrogens with zero attached hydrogens (tertiary/aromatic N) is 5. The van der Waals surface area contributed by atoms with Crippen LogP contribution in [0.1, 0.15) is 19.4 Å². The van der Waals surface area contributed by atoms with Crippen LogP contribution >= 0.6 is 0 Å². The summed E-state index contributed by atoms with van der Waals surface area (Å²) in [6.45, 7) is 9.18. The third kappa shape index (κ3) is 3.83. The van der Waals surface area contributed by atoms with Gasteiger partial charge in [-0.05, 0) is 58.6 Å². The second kappa shape index (κ2) is 8.55. The normalized spacial score (nSPS) is 11.7. The highest BCUT2D eigenvalue weighted by molar-refractivity contribution is 5.87. The van der Waals surface area contributed by atoms with Gasteiger partial charge in [0.05, 0.1) is 29.5 Å². The molecule has 0 bridgehead atoms. The summed E-state index contributed by atoms with van der Waals surface area (Å²) in [5, 5.41) is 4.75. The molecule has 2 aromatic heterocycles. The lowest BCUT2D eigenvalue weighted by atomic mass is 10.00. The molecule has 2 aromatic carbocycles. The van der Waals surface area contributed by atoms with Gasteiger partial charge in [0.15, 0.2) is 0 Å². The molecule has 0 aliphatic rings. The minimum absolute atomic E-state index is 0.0535. The van der Waals surface area contributed by atoms with Gasteiger partial charge in [-0.25, -0.2) is 4.79 Å². The summed E-state index contributed by atoms with van der Waals surface area (Å²) in [5.74, 6) is 0. The van der Waals surface area contributed by atoms with Gasteiger partial charge in [0, 0.05) is 30.8 Å². The van der Waals surface area contributed by atoms with Crippen LogP contribution in [0.15, 0.2) is 53.5 Å². The van der Waals surface area contributed by atoms with Crippen molar-refractivity contribution in [1.29, 1.82) is 0 Å². The molecule has 0 fully saturated rings. The SMILES string of the molecule is CCn1c(=O)n(CC)c2cc(-c3cnn(CCN(C)C)c3-c3cccc(C)c3)ccc21. The second-order valence-corrected chi connectivity index (χ2v) is 8.28. The zero-order valence-electron chi connectivity index (χ0n) is 19.1. The monoisotopic (exact) mass is 417 g/mol. The summed E-state index contributed by atoms with van der Waals surface area (Å²) < 4.78 is 5.79. The van der Waals surface area contributed by atoms with Crippen molar-refractivity contribution in [3.63, 3.8) is 0 Å². The fourth-order valence-corrected chi connectivity index (χ4v) is 4.26. The predicted octanol–water partition coefficient (Wildman–Crippen LogP) is 4.24. The predicted molar refractivity (Wildman–Crippen MR) is 127 cm³/mol. The van der Waals surface area contributed by atoms with E-state index in [-0.39, 0.29) is 5.69 Å². The highest BCUT2D eigenvalue weighted by atomic mass is 16.1. The van der Waals surface area contributed by atoms with E-state index < -0.39 is 0 Å². The lowest BCUT2D eigenvalue weighted by Gasteiger charge is -2.14. The van der Waals surface area contributed by atoms with Crippen LogP contribution in [0, 0.1) is 6.92 Å². The first-order valence-corrected chi connectivity index (χ1v) is 11.0. The Morgan fingerprint density at radius 2 is 1.68 bits per heavy atom. The molecule has 6 heteroatoms. The molecule has 4 rings (SSSR count). The number of benzene rings is 2. The van der Waals surface area contributed by atoms with Crippen molar-refractivity contribution in [3.8, 4) is 22.4 Å². The van der Waals surface area contributed by atoms with E-state index in [1.807, 2.05) is 29.2 Å². The first kappa shape index (κ1) is 21.1. The lowest BCUT2D eigenvalue weighted by molar-refractivity contribution is 0.374. The molecule has 0 aliphatic carbocycles. The molecule has 0 unspecified atom stereocenters. The van der Waals surface area contributed by atoms with Crippen molar-refractivity contribution >= 4 is 11.0 Å². The third-order valence-corrected chi connectivity index (χ3v) is 5.85. The van der Waals surface area contributed by atoms with Crippen LogP contribution in [0.25, 0.3) is 33.4 Å². The Morgan fingerprint density at radius 3 is 2.35 bits per heavy atom. The average molecular weight is 418 g/mol. The Hall–Kier alpha value is -3.12. The maximum atomic E-state index is 12.8. The van der Waals surface area contributed by atoms with Gasteiger partial charge < -0.3 is 4.90 Å². The van der Waals surface area contributed by atoms with Crippen LogP contribution in [0.5, 0.6) is 0 Å². The molecule has 0 radical (unpaired) electrons. The Morgan fingerprint density at radius 1 is 0.935 bits per heavy atom. The molecule has 0 N–H and O–H groups in total. The molecule has 4 aromatic rings. The summed E-state index contributed by atoms with van der Waals surface area (Å²) in [4.78, 5) is 14.9. The van der Waals surface area contributed by atoms with Gasteiger partial charge in [0.25, 0.3) is 0 Å². The van der Waals surface area contributed by atoms with Crippen molar-refractivity contribution in [2.45, 2.75) is 40.4 Å². The van der Waals surface area contributed by atoms with E-state index in [9.17, 15) is 4.79 Å². The number of hydrogen-bond donors (Lipinski definition) is 0. The second-order valence-electron chi connectivity index (χ2n) is 8.28. The molecular formula is C25H31N5O. The van der Waals surface area contributed by atoms with E-state index in [1.54, 1.807) is 0 Å². The number of hydrogen-bond acceptors (Lipinski definition) is 3. The molecule has 0 atom stereocenters. The standard InChI is InChI=1S/C25H31N5O/c1-6-28-22-12-11-19(16-23(22)29(7-2)25(28)31)21-17-26-30(14-13-27(4)5)24(21)20-10-8-9-18(3)15-20/h8-12,15-17H,6-7,13-14H2,1-5H3. The van der Waals surface area contributed by atoms with Gasteiger partial charge in [0.1, 0.15) is 0 Å². The summed E-state index contributed by atoms with van der Waals surface area (Å²) in [6, 6.07) is 14.9. The van der Waals surface area contributed by atoms with Crippen molar-refractivity contribution < 1.29 is 0 Å². The zero-order chi connectivity index (χ0) is 22.1. The minimum Gasteiger partial charge on any atom is -0.308 e. The highest BCUT2D eigenvalue weighted by Crippen LogP contribution is 2.34. The molecule has 6 nitrogen and oxygen atoms in total. The van der Waals surface area contributed by atoms with Crippen molar-refractivity contribution in [3.05, 3.63) is 64.7 Å². The maximum absolute atomic E-state index is 12.8. The number of imidazole rings is 1. The van der Waals surface area contributed by atoms with Crippen LogP contribution in [0.3, 0.4) is 0 Å². The molecule has 31 heavy (non-hydrogen) atoms. The average Bonchev–Trinajstić information content (AvgIpc) is 3.29. The summed E-state index contributed by atoms with van der Waals surface area (Å²) in [6.07, 6.45) is 1.96. The minimum atomic E-state index is 0.0535. The number of fused-ring (bicyclic) bond motifs is 1. The molecule has 0 saturated heterocycles. The third-order valence-electron chi connectivity index (χ3n) is 5.85. The summed E-state index contributed by atoms with van der Waals surface area (Å²) in [5.41, 5.74) is 7.67. The molecule has 2 heterocycles. The molecule has 0 amide bonds. The topological polar surface area (TPSA) is 48.0 Å². The zero-order valence-corrected chi connectivity index (χ0v) is 19.1.